The highest BCUT2D eigenvalue weighted by atomic mass is 79.9. The van der Waals surface area contributed by atoms with E-state index in [9.17, 15) is 0 Å². The van der Waals surface area contributed by atoms with Gasteiger partial charge in [0.25, 0.3) is 0 Å². The van der Waals surface area contributed by atoms with Crippen LogP contribution in [0.25, 0.3) is 22.6 Å². The third-order valence-corrected chi connectivity index (χ3v) is 3.99. The quantitative estimate of drug-likeness (QED) is 0.688. The highest BCUT2D eigenvalue weighted by Crippen LogP contribution is 2.29. The van der Waals surface area contributed by atoms with Crippen molar-refractivity contribution in [2.75, 3.05) is 0 Å². The van der Waals surface area contributed by atoms with Gasteiger partial charge in [0.15, 0.2) is 5.65 Å². The van der Waals surface area contributed by atoms with Crippen LogP contribution in [-0.4, -0.2) is 14.5 Å². The van der Waals surface area contributed by atoms with E-state index in [4.69, 9.17) is 0 Å². The largest absolute Gasteiger partial charge is 0.326 e. The molecule has 0 aliphatic carbocycles. The van der Waals surface area contributed by atoms with E-state index in [1.165, 1.54) is 0 Å². The number of rotatable bonds is 1. The first-order valence-corrected chi connectivity index (χ1v) is 6.45. The molecule has 0 aliphatic heterocycles. The van der Waals surface area contributed by atoms with Crippen LogP contribution in [-0.2, 0) is 7.05 Å². The molecule has 0 radical (unpaired) electrons. The molecule has 3 aromatic heterocycles. The molecule has 0 saturated heterocycles. The number of aromatic nitrogens is 3. The number of pyridine rings is 1. The maximum Gasteiger partial charge on any atom is 0.178 e. The molecule has 0 amide bonds. The zero-order valence-electron chi connectivity index (χ0n) is 8.51. The Balaban J connectivity index is 2.28. The van der Waals surface area contributed by atoms with Gasteiger partial charge in [-0.1, -0.05) is 0 Å². The Morgan fingerprint density at radius 2 is 2.31 bits per heavy atom. The van der Waals surface area contributed by atoms with E-state index in [0.29, 0.717) is 0 Å². The van der Waals surface area contributed by atoms with Crippen LogP contribution in [0.15, 0.2) is 33.6 Å². The molecule has 5 heteroatoms. The molecule has 3 aromatic rings. The maximum absolute atomic E-state index is 4.53. The fraction of sp³-hybridized carbons (Fsp3) is 0.0909. The first kappa shape index (κ1) is 9.99. The summed E-state index contributed by atoms with van der Waals surface area (Å²) in [6.45, 7) is 0. The predicted molar refractivity (Wildman–Crippen MR) is 69.5 cm³/mol. The molecule has 0 aromatic carbocycles. The number of hydrogen-bond donors (Lipinski definition) is 0. The van der Waals surface area contributed by atoms with Gasteiger partial charge in [0.1, 0.15) is 5.82 Å². The number of hydrogen-bond acceptors (Lipinski definition) is 3. The highest BCUT2D eigenvalue weighted by Gasteiger charge is 2.11. The van der Waals surface area contributed by atoms with E-state index in [1.807, 2.05) is 19.2 Å². The molecule has 3 rings (SSSR count). The SMILES string of the molecule is Cn1c(-c2csc(Br)c2)nc2ncccc21. The third kappa shape index (κ3) is 1.47. The van der Waals surface area contributed by atoms with Crippen molar-refractivity contribution in [3.63, 3.8) is 0 Å². The van der Waals surface area contributed by atoms with Gasteiger partial charge in [-0.3, -0.25) is 0 Å². The summed E-state index contributed by atoms with van der Waals surface area (Å²) in [5.41, 5.74) is 2.97. The average molecular weight is 294 g/mol. The molecular weight excluding hydrogens is 286 g/mol. The van der Waals surface area contributed by atoms with Gasteiger partial charge in [0.2, 0.25) is 0 Å². The maximum atomic E-state index is 4.53. The zero-order chi connectivity index (χ0) is 11.1. The van der Waals surface area contributed by atoms with Gasteiger partial charge in [-0.05, 0) is 34.1 Å². The summed E-state index contributed by atoms with van der Waals surface area (Å²) in [5, 5.41) is 2.09. The minimum absolute atomic E-state index is 0.794. The Kier molecular flexibility index (Phi) is 2.29. The van der Waals surface area contributed by atoms with Gasteiger partial charge in [-0.2, -0.15) is 0 Å². The van der Waals surface area contributed by atoms with Gasteiger partial charge >= 0.3 is 0 Å². The first-order chi connectivity index (χ1) is 7.75. The van der Waals surface area contributed by atoms with Crippen LogP contribution in [0.2, 0.25) is 0 Å². The van der Waals surface area contributed by atoms with Crippen LogP contribution in [0.3, 0.4) is 0 Å². The second-order valence-electron chi connectivity index (χ2n) is 3.48. The van der Waals surface area contributed by atoms with Crippen molar-refractivity contribution in [1.29, 1.82) is 0 Å². The van der Waals surface area contributed by atoms with Crippen molar-refractivity contribution >= 4 is 38.4 Å². The van der Waals surface area contributed by atoms with Crippen molar-refractivity contribution in [2.24, 2.45) is 7.05 Å². The molecule has 16 heavy (non-hydrogen) atoms. The molecule has 0 fully saturated rings. The molecule has 0 atom stereocenters. The van der Waals surface area contributed by atoms with Gasteiger partial charge in [0.05, 0.1) is 9.30 Å². The van der Waals surface area contributed by atoms with E-state index in [-0.39, 0.29) is 0 Å². The normalized spacial score (nSPS) is 11.1. The third-order valence-electron chi connectivity index (χ3n) is 2.48. The van der Waals surface area contributed by atoms with Crippen molar-refractivity contribution in [3.8, 4) is 11.4 Å². The minimum Gasteiger partial charge on any atom is -0.326 e. The lowest BCUT2D eigenvalue weighted by Crippen LogP contribution is -1.90. The fourth-order valence-corrected chi connectivity index (χ4v) is 2.85. The van der Waals surface area contributed by atoms with E-state index in [2.05, 4.69) is 41.9 Å². The van der Waals surface area contributed by atoms with Crippen LogP contribution < -0.4 is 0 Å². The summed E-state index contributed by atoms with van der Waals surface area (Å²) >= 11 is 5.12. The Morgan fingerprint density at radius 1 is 1.44 bits per heavy atom. The van der Waals surface area contributed by atoms with E-state index in [1.54, 1.807) is 17.5 Å². The monoisotopic (exact) mass is 293 g/mol. The first-order valence-electron chi connectivity index (χ1n) is 4.77. The Hall–Kier alpha value is -1.20. The molecule has 0 bridgehead atoms. The smallest absolute Gasteiger partial charge is 0.178 e. The number of thiophene rings is 1. The van der Waals surface area contributed by atoms with E-state index < -0.39 is 0 Å². The van der Waals surface area contributed by atoms with Crippen molar-refractivity contribution in [3.05, 3.63) is 33.6 Å². The van der Waals surface area contributed by atoms with Crippen LogP contribution in [0.1, 0.15) is 0 Å². The molecule has 0 N–H and O–H groups in total. The summed E-state index contributed by atoms with van der Waals surface area (Å²) in [6.07, 6.45) is 1.77. The standard InChI is InChI=1S/C11H8BrN3S/c1-15-8-3-2-4-13-10(8)14-11(15)7-5-9(12)16-6-7/h2-6H,1H3. The molecule has 0 saturated carbocycles. The Labute approximate surface area is 105 Å². The van der Waals surface area contributed by atoms with Crippen LogP contribution in [0.5, 0.6) is 0 Å². The second-order valence-corrected chi connectivity index (χ2v) is 5.77. The van der Waals surface area contributed by atoms with Crippen molar-refractivity contribution in [2.45, 2.75) is 0 Å². The van der Waals surface area contributed by atoms with Crippen LogP contribution in [0, 0.1) is 0 Å². The minimum atomic E-state index is 0.794. The van der Waals surface area contributed by atoms with Crippen molar-refractivity contribution < 1.29 is 0 Å². The summed E-state index contributed by atoms with van der Waals surface area (Å²) < 4.78 is 3.18. The fourth-order valence-electron chi connectivity index (χ4n) is 1.71. The lowest BCUT2D eigenvalue weighted by molar-refractivity contribution is 0.960. The predicted octanol–water partition coefficient (Wildman–Crippen LogP) is 3.46. The second kappa shape index (κ2) is 3.68. The Morgan fingerprint density at radius 3 is 3.00 bits per heavy atom. The molecule has 0 spiro atoms. The molecule has 3 nitrogen and oxygen atoms in total. The van der Waals surface area contributed by atoms with E-state index >= 15 is 0 Å². The lowest BCUT2D eigenvalue weighted by atomic mass is 10.3. The number of nitrogens with zero attached hydrogens (tertiary/aromatic N) is 3. The summed E-state index contributed by atoms with van der Waals surface area (Å²) in [5.74, 6) is 0.954. The van der Waals surface area contributed by atoms with Crippen LogP contribution in [0.4, 0.5) is 0 Å². The number of aryl methyl sites for hydroxylation is 1. The van der Waals surface area contributed by atoms with Gasteiger partial charge in [-0.15, -0.1) is 11.3 Å². The van der Waals surface area contributed by atoms with Crippen LogP contribution >= 0.6 is 27.3 Å². The molecule has 0 unspecified atom stereocenters. The van der Waals surface area contributed by atoms with Crippen molar-refractivity contribution in [1.82, 2.24) is 14.5 Å². The molecule has 0 aliphatic rings. The highest BCUT2D eigenvalue weighted by molar-refractivity contribution is 9.11. The van der Waals surface area contributed by atoms with Gasteiger partial charge in [-0.25, -0.2) is 9.97 Å². The number of fused-ring (bicyclic) bond motifs is 1. The number of halogens is 1. The molecular formula is C11H8BrN3S. The summed E-state index contributed by atoms with van der Waals surface area (Å²) in [4.78, 5) is 8.79. The summed E-state index contributed by atoms with van der Waals surface area (Å²) in [6, 6.07) is 6.03. The van der Waals surface area contributed by atoms with E-state index in [0.717, 1.165) is 26.3 Å². The molecule has 80 valence electrons. The average Bonchev–Trinajstić information content (AvgIpc) is 2.84. The zero-order valence-corrected chi connectivity index (χ0v) is 10.9. The number of imidazole rings is 1. The van der Waals surface area contributed by atoms with Gasteiger partial charge < -0.3 is 4.57 Å². The molecule has 3 heterocycles. The topological polar surface area (TPSA) is 30.7 Å². The summed E-state index contributed by atoms with van der Waals surface area (Å²) in [7, 11) is 2.01. The van der Waals surface area contributed by atoms with Gasteiger partial charge in [0, 0.05) is 24.2 Å². The Bertz CT molecular complexity index is 656. The lowest BCUT2D eigenvalue weighted by Gasteiger charge is -1.98.